The van der Waals surface area contributed by atoms with Crippen LogP contribution in [0.1, 0.15) is 29.8 Å². The third-order valence-electron chi connectivity index (χ3n) is 4.87. The van der Waals surface area contributed by atoms with Crippen molar-refractivity contribution < 1.29 is 26.4 Å². The van der Waals surface area contributed by atoms with Crippen LogP contribution in [0.25, 0.3) is 0 Å². The number of ether oxygens (including phenoxy) is 1. The van der Waals surface area contributed by atoms with Gasteiger partial charge in [-0.25, -0.2) is 16.8 Å². The molecule has 0 aliphatic heterocycles. The minimum Gasteiger partial charge on any atom is -0.496 e. The summed E-state index contributed by atoms with van der Waals surface area (Å²) in [5, 5.41) is 2.71. The van der Waals surface area contributed by atoms with Gasteiger partial charge in [0.1, 0.15) is 5.75 Å². The summed E-state index contributed by atoms with van der Waals surface area (Å²) in [5.74, 6) is -0.234. The number of sulfonamides is 2. The van der Waals surface area contributed by atoms with Crippen molar-refractivity contribution in [1.82, 2.24) is 5.32 Å². The number of hydrogen-bond acceptors (Lipinski definition) is 6. The normalized spacial score (nSPS) is 11.7. The highest BCUT2D eigenvalue weighted by Crippen LogP contribution is 2.25. The lowest BCUT2D eigenvalue weighted by molar-refractivity contribution is 0.0940. The van der Waals surface area contributed by atoms with E-state index >= 15 is 0 Å². The number of carbonyl (C=O) groups excluding carboxylic acids is 1. The molecular formula is C24H27N3O6S2. The van der Waals surface area contributed by atoms with Gasteiger partial charge in [0.05, 0.1) is 22.5 Å². The lowest BCUT2D eigenvalue weighted by Gasteiger charge is -2.14. The van der Waals surface area contributed by atoms with Gasteiger partial charge in [-0.3, -0.25) is 14.2 Å². The molecule has 3 N–H and O–H groups in total. The van der Waals surface area contributed by atoms with Crippen molar-refractivity contribution in [2.24, 2.45) is 0 Å². The monoisotopic (exact) mass is 517 g/mol. The maximum Gasteiger partial charge on any atom is 0.261 e. The number of nitrogens with one attached hydrogen (secondary N) is 3. The van der Waals surface area contributed by atoms with E-state index in [0.717, 1.165) is 5.56 Å². The van der Waals surface area contributed by atoms with Gasteiger partial charge < -0.3 is 10.1 Å². The van der Waals surface area contributed by atoms with Crippen molar-refractivity contribution in [2.75, 3.05) is 16.6 Å². The van der Waals surface area contributed by atoms with Crippen LogP contribution in [0.2, 0.25) is 0 Å². The Hall–Kier alpha value is -3.57. The smallest absolute Gasteiger partial charge is 0.261 e. The molecule has 0 radical (unpaired) electrons. The second kappa shape index (κ2) is 10.4. The first-order valence-corrected chi connectivity index (χ1v) is 13.6. The number of amides is 1. The molecule has 0 heterocycles. The SMILES string of the molecule is COc1ccc(S(=O)(=O)Nc2ccc(S(=O)(=O)Nc3ccc(C)cc3)cc2)cc1C(=O)NC(C)C. The van der Waals surface area contributed by atoms with Gasteiger partial charge in [0.15, 0.2) is 0 Å². The fraction of sp³-hybridized carbons (Fsp3) is 0.208. The number of methoxy groups -OCH3 is 1. The maximum absolute atomic E-state index is 12.9. The Morgan fingerprint density at radius 2 is 1.26 bits per heavy atom. The Balaban J connectivity index is 1.81. The molecule has 0 aliphatic rings. The number of benzene rings is 3. The van der Waals surface area contributed by atoms with Crippen LogP contribution < -0.4 is 19.5 Å². The summed E-state index contributed by atoms with van der Waals surface area (Å²) in [5.41, 5.74) is 1.64. The van der Waals surface area contributed by atoms with Crippen molar-refractivity contribution in [1.29, 1.82) is 0 Å². The lowest BCUT2D eigenvalue weighted by atomic mass is 10.2. The molecule has 3 rings (SSSR count). The summed E-state index contributed by atoms with van der Waals surface area (Å²) >= 11 is 0. The molecule has 0 saturated carbocycles. The number of carbonyl (C=O) groups is 1. The highest BCUT2D eigenvalue weighted by Gasteiger charge is 2.21. The Bertz CT molecular complexity index is 1420. The predicted octanol–water partition coefficient (Wildman–Crippen LogP) is 3.74. The molecule has 9 nitrogen and oxygen atoms in total. The highest BCUT2D eigenvalue weighted by atomic mass is 32.2. The van der Waals surface area contributed by atoms with E-state index in [1.165, 1.54) is 49.6 Å². The second-order valence-electron chi connectivity index (χ2n) is 8.09. The Labute approximate surface area is 205 Å². The van der Waals surface area contributed by atoms with E-state index < -0.39 is 26.0 Å². The lowest BCUT2D eigenvalue weighted by Crippen LogP contribution is -2.30. The molecule has 35 heavy (non-hydrogen) atoms. The van der Waals surface area contributed by atoms with Crippen LogP contribution in [0.15, 0.2) is 76.5 Å². The Kier molecular flexibility index (Phi) is 7.71. The van der Waals surface area contributed by atoms with Crippen LogP contribution >= 0.6 is 0 Å². The van der Waals surface area contributed by atoms with Crippen LogP contribution in [0, 0.1) is 6.92 Å². The van der Waals surface area contributed by atoms with Gasteiger partial charge in [0.25, 0.3) is 26.0 Å². The standard InChI is InChI=1S/C24H27N3O6S2/c1-16(2)25-24(28)22-15-21(13-14-23(22)33-4)35(31,32)27-19-9-11-20(12-10-19)34(29,30)26-18-7-5-17(3)6-8-18/h5-16,26-27H,1-4H3,(H,25,28). The zero-order valence-corrected chi connectivity index (χ0v) is 21.3. The zero-order chi connectivity index (χ0) is 25.8. The number of hydrogen-bond donors (Lipinski definition) is 3. The molecule has 0 saturated heterocycles. The molecule has 186 valence electrons. The third-order valence-corrected chi connectivity index (χ3v) is 7.64. The quantitative estimate of drug-likeness (QED) is 0.396. The molecule has 3 aromatic carbocycles. The summed E-state index contributed by atoms with van der Waals surface area (Å²) in [6.45, 7) is 5.46. The second-order valence-corrected chi connectivity index (χ2v) is 11.5. The molecular weight excluding hydrogens is 490 g/mol. The van der Waals surface area contributed by atoms with Gasteiger partial charge >= 0.3 is 0 Å². The molecule has 0 aliphatic carbocycles. The average Bonchev–Trinajstić information content (AvgIpc) is 2.79. The van der Waals surface area contributed by atoms with Crippen molar-refractivity contribution in [2.45, 2.75) is 36.6 Å². The maximum atomic E-state index is 12.9. The molecule has 1 amide bonds. The summed E-state index contributed by atoms with van der Waals surface area (Å²) in [4.78, 5) is 12.3. The highest BCUT2D eigenvalue weighted by molar-refractivity contribution is 7.93. The molecule has 0 bridgehead atoms. The predicted molar refractivity (Wildman–Crippen MR) is 135 cm³/mol. The number of aryl methyl sites for hydroxylation is 1. The van der Waals surface area contributed by atoms with Gasteiger partial charge in [0, 0.05) is 17.4 Å². The third kappa shape index (κ3) is 6.52. The molecule has 11 heteroatoms. The molecule has 0 aromatic heterocycles. The minimum absolute atomic E-state index is 0.0295. The summed E-state index contributed by atoms with van der Waals surface area (Å²) < 4.78 is 61.2. The van der Waals surface area contributed by atoms with Crippen molar-refractivity contribution >= 4 is 37.3 Å². The largest absolute Gasteiger partial charge is 0.496 e. The van der Waals surface area contributed by atoms with Crippen LogP contribution in [0.4, 0.5) is 11.4 Å². The molecule has 3 aromatic rings. The Morgan fingerprint density at radius 3 is 1.77 bits per heavy atom. The van der Waals surface area contributed by atoms with E-state index in [0.29, 0.717) is 5.69 Å². The first-order chi connectivity index (χ1) is 16.4. The van der Waals surface area contributed by atoms with E-state index in [-0.39, 0.29) is 32.8 Å². The summed E-state index contributed by atoms with van der Waals surface area (Å²) in [6.07, 6.45) is 0. The van der Waals surface area contributed by atoms with Crippen molar-refractivity contribution in [3.05, 3.63) is 77.9 Å². The zero-order valence-electron chi connectivity index (χ0n) is 19.7. The van der Waals surface area contributed by atoms with E-state index in [9.17, 15) is 21.6 Å². The Morgan fingerprint density at radius 1 is 0.771 bits per heavy atom. The minimum atomic E-state index is -4.07. The summed E-state index contributed by atoms with van der Waals surface area (Å²) in [7, 11) is -6.55. The molecule has 0 unspecified atom stereocenters. The fourth-order valence-corrected chi connectivity index (χ4v) is 5.27. The van der Waals surface area contributed by atoms with Crippen molar-refractivity contribution in [3.8, 4) is 5.75 Å². The summed E-state index contributed by atoms with van der Waals surface area (Å²) in [6, 6.07) is 15.9. The van der Waals surface area contributed by atoms with Gasteiger partial charge in [-0.15, -0.1) is 0 Å². The molecule has 0 fully saturated rings. The van der Waals surface area contributed by atoms with Crippen molar-refractivity contribution in [3.63, 3.8) is 0 Å². The van der Waals surface area contributed by atoms with Gasteiger partial charge in [-0.2, -0.15) is 0 Å². The van der Waals surface area contributed by atoms with Gasteiger partial charge in [0.2, 0.25) is 0 Å². The van der Waals surface area contributed by atoms with Crippen LogP contribution in [0.3, 0.4) is 0 Å². The number of rotatable bonds is 9. The van der Waals surface area contributed by atoms with Gasteiger partial charge in [-0.05, 0) is 75.4 Å². The molecule has 0 atom stereocenters. The van der Waals surface area contributed by atoms with E-state index in [4.69, 9.17) is 4.74 Å². The van der Waals surface area contributed by atoms with Crippen LogP contribution in [-0.2, 0) is 20.0 Å². The number of anilines is 2. The van der Waals surface area contributed by atoms with E-state index in [1.807, 2.05) is 6.92 Å². The molecule has 0 spiro atoms. The topological polar surface area (TPSA) is 131 Å². The first-order valence-electron chi connectivity index (χ1n) is 10.6. The first kappa shape index (κ1) is 26.0. The fourth-order valence-electron chi connectivity index (χ4n) is 3.12. The van der Waals surface area contributed by atoms with E-state index in [1.54, 1.807) is 38.1 Å². The van der Waals surface area contributed by atoms with Crippen LogP contribution in [0.5, 0.6) is 5.75 Å². The van der Waals surface area contributed by atoms with E-state index in [2.05, 4.69) is 14.8 Å². The van der Waals surface area contributed by atoms with Gasteiger partial charge in [-0.1, -0.05) is 17.7 Å². The van der Waals surface area contributed by atoms with Crippen LogP contribution in [-0.4, -0.2) is 35.9 Å². The average molecular weight is 518 g/mol.